The average molecular weight is 283 g/mol. The van der Waals surface area contributed by atoms with E-state index in [0.717, 1.165) is 27.7 Å². The molecule has 0 fully saturated rings. The fourth-order valence-electron chi connectivity index (χ4n) is 1.95. The molecular formula is C16H17N3S. The van der Waals surface area contributed by atoms with E-state index in [1.807, 2.05) is 43.3 Å². The van der Waals surface area contributed by atoms with Crippen molar-refractivity contribution in [1.82, 2.24) is 4.98 Å². The Balaban J connectivity index is 2.17. The molecule has 0 aliphatic heterocycles. The number of aromatic nitrogens is 1. The van der Waals surface area contributed by atoms with E-state index in [1.54, 1.807) is 11.8 Å². The third-order valence-corrected chi connectivity index (χ3v) is 3.78. The van der Waals surface area contributed by atoms with Crippen molar-refractivity contribution in [2.75, 3.05) is 11.1 Å². The van der Waals surface area contributed by atoms with Gasteiger partial charge in [-0.05, 0) is 36.9 Å². The third-order valence-electron chi connectivity index (χ3n) is 2.84. The molecule has 1 aromatic carbocycles. The van der Waals surface area contributed by atoms with Gasteiger partial charge in [-0.25, -0.2) is 0 Å². The van der Waals surface area contributed by atoms with Crippen molar-refractivity contribution in [1.29, 1.82) is 5.26 Å². The van der Waals surface area contributed by atoms with Gasteiger partial charge in [-0.15, -0.1) is 11.8 Å². The van der Waals surface area contributed by atoms with Gasteiger partial charge in [0.1, 0.15) is 6.07 Å². The Kier molecular flexibility index (Phi) is 5.03. The summed E-state index contributed by atoms with van der Waals surface area (Å²) >= 11 is 1.69. The number of pyridine rings is 1. The van der Waals surface area contributed by atoms with Crippen LogP contribution in [-0.4, -0.2) is 10.7 Å². The normalized spacial score (nSPS) is 10.1. The number of aryl methyl sites for hydroxylation is 1. The second-order valence-electron chi connectivity index (χ2n) is 4.35. The molecule has 20 heavy (non-hydrogen) atoms. The van der Waals surface area contributed by atoms with Gasteiger partial charge >= 0.3 is 0 Å². The molecule has 0 aliphatic rings. The van der Waals surface area contributed by atoms with E-state index in [1.165, 1.54) is 0 Å². The lowest BCUT2D eigenvalue weighted by Gasteiger charge is -2.11. The van der Waals surface area contributed by atoms with Crippen LogP contribution in [0.3, 0.4) is 0 Å². The van der Waals surface area contributed by atoms with Crippen LogP contribution >= 0.6 is 11.8 Å². The minimum Gasteiger partial charge on any atom is -0.378 e. The first-order chi connectivity index (χ1) is 9.74. The second-order valence-corrected chi connectivity index (χ2v) is 5.65. The van der Waals surface area contributed by atoms with Crippen LogP contribution in [0.4, 0.5) is 5.69 Å². The minimum atomic E-state index is 0.622. The number of hydrogen-bond donors (Lipinski definition) is 1. The number of thioether (sulfide) groups is 1. The Bertz CT molecular complexity index is 632. The third kappa shape index (κ3) is 3.52. The zero-order valence-electron chi connectivity index (χ0n) is 11.7. The monoisotopic (exact) mass is 283 g/mol. The molecule has 0 saturated carbocycles. The van der Waals surface area contributed by atoms with Crippen molar-refractivity contribution in [3.63, 3.8) is 0 Å². The SMILES string of the molecule is CCSc1cccc(NCc2cccc(C)n2)c1C#N. The zero-order valence-corrected chi connectivity index (χ0v) is 12.5. The molecule has 2 aromatic rings. The maximum absolute atomic E-state index is 9.35. The Hall–Kier alpha value is -1.99. The highest BCUT2D eigenvalue weighted by Gasteiger charge is 2.07. The van der Waals surface area contributed by atoms with E-state index < -0.39 is 0 Å². The second kappa shape index (κ2) is 6.97. The standard InChI is InChI=1S/C16H17N3S/c1-3-20-16-9-5-8-15(14(16)10-17)18-11-13-7-4-6-12(2)19-13/h4-9,18H,3,11H2,1-2H3. The van der Waals surface area contributed by atoms with Crippen LogP contribution < -0.4 is 5.32 Å². The number of anilines is 1. The molecule has 1 N–H and O–H groups in total. The van der Waals surface area contributed by atoms with Crippen molar-refractivity contribution >= 4 is 17.4 Å². The van der Waals surface area contributed by atoms with Crippen LogP contribution in [0.5, 0.6) is 0 Å². The molecule has 4 heteroatoms. The fraction of sp³-hybridized carbons (Fsp3) is 0.250. The van der Waals surface area contributed by atoms with Crippen molar-refractivity contribution in [2.24, 2.45) is 0 Å². The molecule has 0 aliphatic carbocycles. The lowest BCUT2D eigenvalue weighted by Crippen LogP contribution is -2.04. The van der Waals surface area contributed by atoms with Crippen LogP contribution in [-0.2, 0) is 6.54 Å². The van der Waals surface area contributed by atoms with E-state index in [0.29, 0.717) is 12.1 Å². The summed E-state index contributed by atoms with van der Waals surface area (Å²) < 4.78 is 0. The Morgan fingerprint density at radius 2 is 2.05 bits per heavy atom. The summed E-state index contributed by atoms with van der Waals surface area (Å²) in [5.41, 5.74) is 3.56. The van der Waals surface area contributed by atoms with Crippen molar-refractivity contribution < 1.29 is 0 Å². The molecule has 2 rings (SSSR count). The van der Waals surface area contributed by atoms with Gasteiger partial charge < -0.3 is 5.32 Å². The number of benzene rings is 1. The molecule has 102 valence electrons. The van der Waals surface area contributed by atoms with E-state index in [4.69, 9.17) is 0 Å². The zero-order chi connectivity index (χ0) is 14.4. The van der Waals surface area contributed by atoms with Gasteiger partial charge in [-0.3, -0.25) is 4.98 Å². The average Bonchev–Trinajstić information content (AvgIpc) is 2.45. The van der Waals surface area contributed by atoms with Crippen LogP contribution in [0, 0.1) is 18.3 Å². The van der Waals surface area contributed by atoms with Crippen molar-refractivity contribution in [3.8, 4) is 6.07 Å². The molecule has 0 radical (unpaired) electrons. The molecule has 0 atom stereocenters. The molecule has 0 saturated heterocycles. The molecule has 3 nitrogen and oxygen atoms in total. The Morgan fingerprint density at radius 3 is 2.75 bits per heavy atom. The van der Waals surface area contributed by atoms with Crippen LogP contribution in [0.1, 0.15) is 23.9 Å². The smallest absolute Gasteiger partial charge is 0.102 e. The fourth-order valence-corrected chi connectivity index (χ4v) is 2.74. The summed E-state index contributed by atoms with van der Waals surface area (Å²) in [5, 5.41) is 12.7. The number of nitriles is 1. The van der Waals surface area contributed by atoms with Crippen LogP contribution in [0.15, 0.2) is 41.3 Å². The van der Waals surface area contributed by atoms with Gasteiger partial charge in [0, 0.05) is 10.6 Å². The quantitative estimate of drug-likeness (QED) is 0.843. The summed E-state index contributed by atoms with van der Waals surface area (Å²) in [5.74, 6) is 0.956. The van der Waals surface area contributed by atoms with Gasteiger partial charge in [0.05, 0.1) is 23.5 Å². The molecule has 0 bridgehead atoms. The van der Waals surface area contributed by atoms with Crippen molar-refractivity contribution in [3.05, 3.63) is 53.3 Å². The first kappa shape index (κ1) is 14.4. The van der Waals surface area contributed by atoms with Crippen molar-refractivity contribution in [2.45, 2.75) is 25.3 Å². The predicted octanol–water partition coefficient (Wildman–Crippen LogP) is 3.99. The van der Waals surface area contributed by atoms with E-state index >= 15 is 0 Å². The van der Waals surface area contributed by atoms with Crippen LogP contribution in [0.2, 0.25) is 0 Å². The minimum absolute atomic E-state index is 0.622. The number of hydrogen-bond acceptors (Lipinski definition) is 4. The Morgan fingerprint density at radius 1 is 1.25 bits per heavy atom. The number of nitrogens with one attached hydrogen (secondary N) is 1. The molecule has 0 unspecified atom stereocenters. The van der Waals surface area contributed by atoms with E-state index in [2.05, 4.69) is 23.3 Å². The highest BCUT2D eigenvalue weighted by atomic mass is 32.2. The Labute approximate surface area is 124 Å². The summed E-state index contributed by atoms with van der Waals surface area (Å²) in [6.07, 6.45) is 0. The summed E-state index contributed by atoms with van der Waals surface area (Å²) in [6.45, 7) is 4.68. The highest BCUT2D eigenvalue weighted by Crippen LogP contribution is 2.28. The molecular weight excluding hydrogens is 266 g/mol. The largest absolute Gasteiger partial charge is 0.378 e. The number of rotatable bonds is 5. The molecule has 0 spiro atoms. The topological polar surface area (TPSA) is 48.7 Å². The van der Waals surface area contributed by atoms with E-state index in [-0.39, 0.29) is 0 Å². The number of nitrogens with zero attached hydrogens (tertiary/aromatic N) is 2. The lowest BCUT2D eigenvalue weighted by atomic mass is 10.2. The maximum atomic E-state index is 9.35. The maximum Gasteiger partial charge on any atom is 0.102 e. The van der Waals surface area contributed by atoms with E-state index in [9.17, 15) is 5.26 Å². The molecule has 1 heterocycles. The lowest BCUT2D eigenvalue weighted by molar-refractivity contribution is 1.01. The van der Waals surface area contributed by atoms with Gasteiger partial charge in [0.15, 0.2) is 0 Å². The first-order valence-electron chi connectivity index (χ1n) is 6.57. The summed E-state index contributed by atoms with van der Waals surface area (Å²) in [7, 11) is 0. The molecule has 1 aromatic heterocycles. The summed E-state index contributed by atoms with van der Waals surface area (Å²) in [6, 6.07) is 14.1. The van der Waals surface area contributed by atoms with Crippen LogP contribution in [0.25, 0.3) is 0 Å². The summed E-state index contributed by atoms with van der Waals surface area (Å²) in [4.78, 5) is 5.48. The van der Waals surface area contributed by atoms with Gasteiger partial charge in [-0.2, -0.15) is 5.26 Å². The van der Waals surface area contributed by atoms with Gasteiger partial charge in [0.25, 0.3) is 0 Å². The predicted molar refractivity (Wildman–Crippen MR) is 83.9 cm³/mol. The molecule has 0 amide bonds. The van der Waals surface area contributed by atoms with Gasteiger partial charge in [0.2, 0.25) is 0 Å². The van der Waals surface area contributed by atoms with Gasteiger partial charge in [-0.1, -0.05) is 19.1 Å². The first-order valence-corrected chi connectivity index (χ1v) is 7.55. The highest BCUT2D eigenvalue weighted by molar-refractivity contribution is 7.99.